The van der Waals surface area contributed by atoms with Crippen molar-refractivity contribution in [3.63, 3.8) is 0 Å². The van der Waals surface area contributed by atoms with Crippen LogP contribution in [0.5, 0.6) is 0 Å². The van der Waals surface area contributed by atoms with Gasteiger partial charge in [0.25, 0.3) is 11.1 Å². The molecule has 0 saturated carbocycles. The molecule has 3 rings (SSSR count). The van der Waals surface area contributed by atoms with Gasteiger partial charge in [-0.2, -0.15) is 0 Å². The number of nitrogens with zero attached hydrogens (tertiary/aromatic N) is 1. The summed E-state index contributed by atoms with van der Waals surface area (Å²) < 4.78 is 15.7. The van der Waals surface area contributed by atoms with E-state index in [9.17, 15) is 9.59 Å². The van der Waals surface area contributed by atoms with Gasteiger partial charge < -0.3 is 19.2 Å². The van der Waals surface area contributed by atoms with Gasteiger partial charge in [0.15, 0.2) is 12.2 Å². The molecule has 0 saturated heterocycles. The monoisotopic (exact) mass is 400 g/mol. The predicted octanol–water partition coefficient (Wildman–Crippen LogP) is 3.04. The zero-order chi connectivity index (χ0) is 19.8. The smallest absolute Gasteiger partial charge is 0.338 e. The van der Waals surface area contributed by atoms with Crippen molar-refractivity contribution in [2.45, 2.75) is 11.0 Å². The molecule has 1 aromatic heterocycles. The Kier molecular flexibility index (Phi) is 7.05. The maximum Gasteiger partial charge on any atom is 0.338 e. The van der Waals surface area contributed by atoms with Crippen LogP contribution >= 0.6 is 11.8 Å². The molecule has 146 valence electrons. The SMILES string of the molecule is COCCNC(=O)COC(=O)c1ccccc1CSc1nc2ccccc2o1. The van der Waals surface area contributed by atoms with Crippen molar-refractivity contribution in [2.24, 2.45) is 0 Å². The number of carbonyl (C=O) groups is 2. The lowest BCUT2D eigenvalue weighted by Gasteiger charge is -2.09. The summed E-state index contributed by atoms with van der Waals surface area (Å²) >= 11 is 1.39. The Labute approximate surface area is 166 Å². The summed E-state index contributed by atoms with van der Waals surface area (Å²) in [5.74, 6) is -0.433. The van der Waals surface area contributed by atoms with Crippen molar-refractivity contribution in [3.8, 4) is 0 Å². The van der Waals surface area contributed by atoms with Gasteiger partial charge in [-0.05, 0) is 23.8 Å². The average molecular weight is 400 g/mol. The van der Waals surface area contributed by atoms with Crippen LogP contribution in [0.2, 0.25) is 0 Å². The molecular weight excluding hydrogens is 380 g/mol. The van der Waals surface area contributed by atoms with Gasteiger partial charge in [-0.1, -0.05) is 42.1 Å². The van der Waals surface area contributed by atoms with Crippen molar-refractivity contribution in [1.29, 1.82) is 0 Å². The van der Waals surface area contributed by atoms with Gasteiger partial charge in [-0.3, -0.25) is 4.79 Å². The molecule has 1 heterocycles. The molecule has 0 radical (unpaired) electrons. The van der Waals surface area contributed by atoms with E-state index in [-0.39, 0.29) is 12.5 Å². The lowest BCUT2D eigenvalue weighted by atomic mass is 10.1. The number of nitrogens with one attached hydrogen (secondary N) is 1. The summed E-state index contributed by atoms with van der Waals surface area (Å²) in [4.78, 5) is 28.5. The predicted molar refractivity (Wildman–Crippen MR) is 105 cm³/mol. The van der Waals surface area contributed by atoms with Gasteiger partial charge in [0.2, 0.25) is 0 Å². The van der Waals surface area contributed by atoms with E-state index in [4.69, 9.17) is 13.9 Å². The third-order valence-electron chi connectivity index (χ3n) is 3.83. The molecule has 2 aromatic carbocycles. The third-order valence-corrected chi connectivity index (χ3v) is 4.70. The highest BCUT2D eigenvalue weighted by Crippen LogP contribution is 2.27. The van der Waals surface area contributed by atoms with Gasteiger partial charge in [0.1, 0.15) is 5.52 Å². The first-order valence-corrected chi connectivity index (χ1v) is 9.65. The maximum atomic E-state index is 12.4. The van der Waals surface area contributed by atoms with Crippen molar-refractivity contribution < 1.29 is 23.5 Å². The quantitative estimate of drug-likeness (QED) is 0.335. The van der Waals surface area contributed by atoms with Gasteiger partial charge in [-0.15, -0.1) is 0 Å². The van der Waals surface area contributed by atoms with Crippen LogP contribution in [0.1, 0.15) is 15.9 Å². The highest BCUT2D eigenvalue weighted by atomic mass is 32.2. The topological polar surface area (TPSA) is 90.7 Å². The van der Waals surface area contributed by atoms with Crippen LogP contribution in [0.3, 0.4) is 0 Å². The van der Waals surface area contributed by atoms with Crippen molar-refractivity contribution in [2.75, 3.05) is 26.9 Å². The Morgan fingerprint density at radius 2 is 1.93 bits per heavy atom. The van der Waals surface area contributed by atoms with E-state index >= 15 is 0 Å². The molecular formula is C20H20N2O5S. The van der Waals surface area contributed by atoms with E-state index in [1.54, 1.807) is 19.2 Å². The minimum atomic E-state index is -0.546. The number of benzene rings is 2. The second-order valence-electron chi connectivity index (χ2n) is 5.81. The summed E-state index contributed by atoms with van der Waals surface area (Å²) in [6.07, 6.45) is 0. The Hall–Kier alpha value is -2.84. The highest BCUT2D eigenvalue weighted by molar-refractivity contribution is 7.98. The first-order valence-electron chi connectivity index (χ1n) is 8.66. The molecule has 3 aromatic rings. The zero-order valence-electron chi connectivity index (χ0n) is 15.3. The van der Waals surface area contributed by atoms with Crippen LogP contribution < -0.4 is 5.32 Å². The van der Waals surface area contributed by atoms with E-state index in [1.165, 1.54) is 11.8 Å². The largest absolute Gasteiger partial charge is 0.452 e. The number of esters is 1. The van der Waals surface area contributed by atoms with E-state index in [0.717, 1.165) is 16.7 Å². The molecule has 0 spiro atoms. The molecule has 0 atom stereocenters. The van der Waals surface area contributed by atoms with Crippen molar-refractivity contribution in [1.82, 2.24) is 10.3 Å². The van der Waals surface area contributed by atoms with E-state index in [1.807, 2.05) is 36.4 Å². The summed E-state index contributed by atoms with van der Waals surface area (Å²) in [6.45, 7) is 0.426. The normalized spacial score (nSPS) is 10.8. The summed E-state index contributed by atoms with van der Waals surface area (Å²) in [6, 6.07) is 14.6. The Morgan fingerprint density at radius 1 is 1.14 bits per heavy atom. The number of hydrogen-bond donors (Lipinski definition) is 1. The lowest BCUT2D eigenvalue weighted by molar-refractivity contribution is -0.124. The Bertz CT molecular complexity index is 923. The van der Waals surface area contributed by atoms with Crippen LogP contribution in [0.4, 0.5) is 0 Å². The molecule has 8 heteroatoms. The van der Waals surface area contributed by atoms with Crippen LogP contribution in [0, 0.1) is 0 Å². The van der Waals surface area contributed by atoms with Gasteiger partial charge >= 0.3 is 5.97 Å². The number of ether oxygens (including phenoxy) is 2. The second kappa shape index (κ2) is 9.91. The molecule has 1 amide bonds. The summed E-state index contributed by atoms with van der Waals surface area (Å²) in [7, 11) is 1.54. The molecule has 0 bridgehead atoms. The fraction of sp³-hybridized carbons (Fsp3) is 0.250. The van der Waals surface area contributed by atoms with Crippen molar-refractivity contribution >= 4 is 34.7 Å². The molecule has 1 N–H and O–H groups in total. The highest BCUT2D eigenvalue weighted by Gasteiger charge is 2.15. The number of aromatic nitrogens is 1. The third kappa shape index (κ3) is 5.34. The molecule has 7 nitrogen and oxygen atoms in total. The second-order valence-corrected chi connectivity index (χ2v) is 6.74. The molecule has 0 aliphatic heterocycles. The first kappa shape index (κ1) is 19.9. The van der Waals surface area contributed by atoms with Crippen LogP contribution in [-0.2, 0) is 20.0 Å². The zero-order valence-corrected chi connectivity index (χ0v) is 16.2. The van der Waals surface area contributed by atoms with E-state index in [2.05, 4.69) is 10.3 Å². The molecule has 28 heavy (non-hydrogen) atoms. The fourth-order valence-electron chi connectivity index (χ4n) is 2.45. The minimum absolute atomic E-state index is 0.338. The number of methoxy groups -OCH3 is 1. The average Bonchev–Trinajstić information content (AvgIpc) is 3.14. The van der Waals surface area contributed by atoms with Crippen LogP contribution in [0.15, 0.2) is 58.2 Å². The molecule has 0 aliphatic carbocycles. The molecule has 0 aliphatic rings. The summed E-state index contributed by atoms with van der Waals surface area (Å²) in [5, 5.41) is 3.13. The number of fused-ring (bicyclic) bond motifs is 1. The number of para-hydroxylation sites is 2. The van der Waals surface area contributed by atoms with E-state index in [0.29, 0.717) is 29.7 Å². The molecule has 0 unspecified atom stereocenters. The number of oxazole rings is 1. The van der Waals surface area contributed by atoms with Crippen LogP contribution in [-0.4, -0.2) is 43.7 Å². The van der Waals surface area contributed by atoms with E-state index < -0.39 is 5.97 Å². The summed E-state index contributed by atoms with van der Waals surface area (Å²) in [5.41, 5.74) is 2.70. The number of hydrogen-bond acceptors (Lipinski definition) is 7. The van der Waals surface area contributed by atoms with Gasteiger partial charge in [0, 0.05) is 19.4 Å². The lowest BCUT2D eigenvalue weighted by Crippen LogP contribution is -2.31. The standard InChI is InChI=1S/C20H20N2O5S/c1-25-11-10-21-18(23)12-26-19(24)15-7-3-2-6-14(15)13-28-20-22-16-8-4-5-9-17(16)27-20/h2-9H,10-13H2,1H3,(H,21,23). The number of carbonyl (C=O) groups excluding carboxylic acids is 2. The number of thioether (sulfide) groups is 1. The van der Waals surface area contributed by atoms with Gasteiger partial charge in [0.05, 0.1) is 12.2 Å². The Balaban J connectivity index is 1.59. The Morgan fingerprint density at radius 3 is 2.75 bits per heavy atom. The van der Waals surface area contributed by atoms with Crippen LogP contribution in [0.25, 0.3) is 11.1 Å². The molecule has 0 fully saturated rings. The number of amides is 1. The number of rotatable bonds is 9. The first-order chi connectivity index (χ1) is 13.7. The fourth-order valence-corrected chi connectivity index (χ4v) is 3.29. The van der Waals surface area contributed by atoms with Crippen molar-refractivity contribution in [3.05, 3.63) is 59.7 Å². The maximum absolute atomic E-state index is 12.4. The van der Waals surface area contributed by atoms with Gasteiger partial charge in [-0.25, -0.2) is 9.78 Å². The minimum Gasteiger partial charge on any atom is -0.452 e.